The van der Waals surface area contributed by atoms with Gasteiger partial charge in [0.1, 0.15) is 0 Å². The Balaban J connectivity index is 2.38. The first-order valence-electron chi connectivity index (χ1n) is 7.48. The van der Waals surface area contributed by atoms with Gasteiger partial charge in [-0.25, -0.2) is 0 Å². The van der Waals surface area contributed by atoms with Crippen LogP contribution in [0, 0.1) is 13.8 Å². The predicted octanol–water partition coefficient (Wildman–Crippen LogP) is 3.61. The molecule has 1 unspecified atom stereocenters. The highest BCUT2D eigenvalue weighted by molar-refractivity contribution is 5.38. The normalized spacial score (nSPS) is 12.6. The Labute approximate surface area is 122 Å². The summed E-state index contributed by atoms with van der Waals surface area (Å²) in [4.78, 5) is 0. The molecule has 0 amide bonds. The van der Waals surface area contributed by atoms with Crippen molar-refractivity contribution in [3.05, 3.63) is 52.8 Å². The third-order valence-electron chi connectivity index (χ3n) is 3.65. The minimum Gasteiger partial charge on any atom is -0.306 e. The number of hydrogen-bond donors (Lipinski definition) is 1. The topological polar surface area (TPSA) is 29.9 Å². The van der Waals surface area contributed by atoms with E-state index in [1.165, 1.54) is 22.3 Å². The van der Waals surface area contributed by atoms with E-state index in [-0.39, 0.29) is 6.04 Å². The van der Waals surface area contributed by atoms with Crippen molar-refractivity contribution in [2.75, 3.05) is 6.54 Å². The maximum atomic E-state index is 4.42. The highest BCUT2D eigenvalue weighted by atomic mass is 15.3. The summed E-state index contributed by atoms with van der Waals surface area (Å²) >= 11 is 0. The summed E-state index contributed by atoms with van der Waals surface area (Å²) in [5.74, 6) is 0. The molecule has 1 heterocycles. The zero-order valence-electron chi connectivity index (χ0n) is 13.0. The molecule has 0 spiro atoms. The van der Waals surface area contributed by atoms with Crippen LogP contribution in [-0.2, 0) is 6.54 Å². The molecule has 20 heavy (non-hydrogen) atoms. The monoisotopic (exact) mass is 271 g/mol. The quantitative estimate of drug-likeness (QED) is 0.870. The van der Waals surface area contributed by atoms with E-state index in [2.05, 4.69) is 62.5 Å². The highest BCUT2D eigenvalue weighted by Crippen LogP contribution is 2.25. The minimum absolute atomic E-state index is 0.232. The first-order chi connectivity index (χ1) is 9.65. The van der Waals surface area contributed by atoms with Gasteiger partial charge in [0.15, 0.2) is 0 Å². The Morgan fingerprint density at radius 2 is 2.05 bits per heavy atom. The Hall–Kier alpha value is -1.61. The van der Waals surface area contributed by atoms with Gasteiger partial charge in [0.25, 0.3) is 0 Å². The largest absolute Gasteiger partial charge is 0.306 e. The number of benzene rings is 1. The Bertz CT molecular complexity index is 557. The van der Waals surface area contributed by atoms with Crippen molar-refractivity contribution in [1.29, 1.82) is 0 Å². The van der Waals surface area contributed by atoms with Crippen molar-refractivity contribution >= 4 is 0 Å². The fraction of sp³-hybridized carbons (Fsp3) is 0.471. The van der Waals surface area contributed by atoms with Crippen LogP contribution in [0.2, 0.25) is 0 Å². The van der Waals surface area contributed by atoms with E-state index in [9.17, 15) is 0 Å². The molecule has 0 aliphatic heterocycles. The molecule has 3 nitrogen and oxygen atoms in total. The second-order valence-electron chi connectivity index (χ2n) is 5.38. The van der Waals surface area contributed by atoms with Gasteiger partial charge in [0, 0.05) is 18.3 Å². The molecule has 0 saturated heterocycles. The van der Waals surface area contributed by atoms with Gasteiger partial charge in [-0.2, -0.15) is 5.10 Å². The second-order valence-corrected chi connectivity index (χ2v) is 5.38. The Morgan fingerprint density at radius 3 is 2.70 bits per heavy atom. The van der Waals surface area contributed by atoms with Crippen molar-refractivity contribution in [1.82, 2.24) is 15.1 Å². The molecular weight excluding hydrogens is 246 g/mol. The van der Waals surface area contributed by atoms with Crippen molar-refractivity contribution in [3.63, 3.8) is 0 Å². The van der Waals surface area contributed by atoms with Crippen LogP contribution in [0.3, 0.4) is 0 Å². The van der Waals surface area contributed by atoms with Crippen molar-refractivity contribution < 1.29 is 0 Å². The molecule has 2 aromatic rings. The molecule has 1 aromatic heterocycles. The van der Waals surface area contributed by atoms with Gasteiger partial charge in [-0.05, 0) is 44.9 Å². The lowest BCUT2D eigenvalue weighted by Crippen LogP contribution is -2.23. The maximum absolute atomic E-state index is 4.42. The average molecular weight is 271 g/mol. The van der Waals surface area contributed by atoms with Crippen LogP contribution >= 0.6 is 0 Å². The molecule has 0 saturated carbocycles. The van der Waals surface area contributed by atoms with E-state index in [4.69, 9.17) is 0 Å². The van der Waals surface area contributed by atoms with Crippen molar-refractivity contribution in [3.8, 4) is 0 Å². The molecule has 0 aliphatic carbocycles. The molecule has 1 aromatic carbocycles. The molecule has 0 aliphatic rings. The summed E-state index contributed by atoms with van der Waals surface area (Å²) in [7, 11) is 0. The molecular formula is C17H25N3. The number of nitrogens with one attached hydrogen (secondary N) is 1. The van der Waals surface area contributed by atoms with Crippen LogP contribution < -0.4 is 5.32 Å². The first kappa shape index (κ1) is 14.8. The van der Waals surface area contributed by atoms with E-state index < -0.39 is 0 Å². The summed E-state index contributed by atoms with van der Waals surface area (Å²) in [6.07, 6.45) is 5.26. The van der Waals surface area contributed by atoms with Crippen LogP contribution in [-0.4, -0.2) is 16.3 Å². The SMILES string of the molecule is CCCNC(c1cnn(CC)c1)c1cc(C)ccc1C. The molecule has 0 bridgehead atoms. The molecule has 1 atom stereocenters. The van der Waals surface area contributed by atoms with Crippen LogP contribution in [0.4, 0.5) is 0 Å². The van der Waals surface area contributed by atoms with E-state index in [1.54, 1.807) is 0 Å². The summed E-state index contributed by atoms with van der Waals surface area (Å²) < 4.78 is 1.99. The van der Waals surface area contributed by atoms with Crippen molar-refractivity contribution in [2.45, 2.75) is 46.7 Å². The van der Waals surface area contributed by atoms with Gasteiger partial charge >= 0.3 is 0 Å². The van der Waals surface area contributed by atoms with E-state index in [1.807, 2.05) is 10.9 Å². The Kier molecular flexibility index (Phi) is 4.96. The number of aromatic nitrogens is 2. The second kappa shape index (κ2) is 6.71. The van der Waals surface area contributed by atoms with Gasteiger partial charge in [-0.3, -0.25) is 4.68 Å². The van der Waals surface area contributed by atoms with Gasteiger partial charge in [0.05, 0.1) is 12.2 Å². The summed E-state index contributed by atoms with van der Waals surface area (Å²) in [6, 6.07) is 6.89. The highest BCUT2D eigenvalue weighted by Gasteiger charge is 2.17. The molecule has 1 N–H and O–H groups in total. The van der Waals surface area contributed by atoms with Crippen LogP contribution in [0.25, 0.3) is 0 Å². The zero-order valence-corrected chi connectivity index (χ0v) is 13.0. The van der Waals surface area contributed by atoms with E-state index in [0.717, 1.165) is 19.5 Å². The standard InChI is InChI=1S/C17H25N3/c1-5-9-18-17(15-11-19-20(6-2)12-15)16-10-13(3)7-8-14(16)4/h7-8,10-12,17-18H,5-6,9H2,1-4H3. The van der Waals surface area contributed by atoms with E-state index >= 15 is 0 Å². The van der Waals surface area contributed by atoms with Crippen LogP contribution in [0.15, 0.2) is 30.6 Å². The molecule has 3 heteroatoms. The van der Waals surface area contributed by atoms with Gasteiger partial charge in [0.2, 0.25) is 0 Å². The molecule has 108 valence electrons. The van der Waals surface area contributed by atoms with Gasteiger partial charge < -0.3 is 5.32 Å². The number of rotatable bonds is 6. The first-order valence-corrected chi connectivity index (χ1v) is 7.48. The summed E-state index contributed by atoms with van der Waals surface area (Å²) in [5.41, 5.74) is 5.23. The Morgan fingerprint density at radius 1 is 1.25 bits per heavy atom. The number of aryl methyl sites for hydroxylation is 3. The number of hydrogen-bond acceptors (Lipinski definition) is 2. The smallest absolute Gasteiger partial charge is 0.0610 e. The van der Waals surface area contributed by atoms with Crippen molar-refractivity contribution in [2.24, 2.45) is 0 Å². The lowest BCUT2D eigenvalue weighted by Gasteiger charge is -2.20. The third kappa shape index (κ3) is 3.28. The molecule has 2 rings (SSSR count). The average Bonchev–Trinajstić information content (AvgIpc) is 2.92. The minimum atomic E-state index is 0.232. The molecule has 0 fully saturated rings. The van der Waals surface area contributed by atoms with E-state index in [0.29, 0.717) is 0 Å². The summed E-state index contributed by atoms with van der Waals surface area (Å²) in [6.45, 7) is 10.6. The fourth-order valence-electron chi connectivity index (χ4n) is 2.47. The maximum Gasteiger partial charge on any atom is 0.0610 e. The summed E-state index contributed by atoms with van der Waals surface area (Å²) in [5, 5.41) is 8.07. The lowest BCUT2D eigenvalue weighted by atomic mass is 9.95. The van der Waals surface area contributed by atoms with Gasteiger partial charge in [-0.1, -0.05) is 30.7 Å². The third-order valence-corrected chi connectivity index (χ3v) is 3.65. The lowest BCUT2D eigenvalue weighted by molar-refractivity contribution is 0.594. The zero-order chi connectivity index (χ0) is 14.5. The van der Waals surface area contributed by atoms with Crippen LogP contribution in [0.1, 0.15) is 48.6 Å². The predicted molar refractivity (Wildman–Crippen MR) is 84.0 cm³/mol. The number of nitrogens with zero attached hydrogens (tertiary/aromatic N) is 2. The van der Waals surface area contributed by atoms with Crippen LogP contribution in [0.5, 0.6) is 0 Å². The van der Waals surface area contributed by atoms with Gasteiger partial charge in [-0.15, -0.1) is 0 Å². The molecule has 0 radical (unpaired) electrons. The fourth-order valence-corrected chi connectivity index (χ4v) is 2.47.